The van der Waals surface area contributed by atoms with Gasteiger partial charge in [0.1, 0.15) is 0 Å². The molecule has 2 rings (SSSR count). The van der Waals surface area contributed by atoms with Crippen molar-refractivity contribution < 1.29 is 4.79 Å². The number of thioether (sulfide) groups is 1. The summed E-state index contributed by atoms with van der Waals surface area (Å²) in [5.74, 6) is 0.556. The average molecular weight is 347 g/mol. The van der Waals surface area contributed by atoms with E-state index in [1.54, 1.807) is 6.92 Å². The van der Waals surface area contributed by atoms with E-state index >= 15 is 0 Å². The van der Waals surface area contributed by atoms with Crippen LogP contribution in [0.2, 0.25) is 0 Å². The topological polar surface area (TPSA) is 77.0 Å². The summed E-state index contributed by atoms with van der Waals surface area (Å²) in [7, 11) is 4.07. The quantitative estimate of drug-likeness (QED) is 0.742. The molecule has 0 aliphatic heterocycles. The van der Waals surface area contributed by atoms with Gasteiger partial charge in [-0.2, -0.15) is 0 Å². The van der Waals surface area contributed by atoms with Crippen LogP contribution < -0.4 is 5.73 Å². The molecule has 1 heterocycles. The van der Waals surface area contributed by atoms with Crippen molar-refractivity contribution in [3.05, 3.63) is 41.7 Å². The van der Waals surface area contributed by atoms with Crippen molar-refractivity contribution in [3.63, 3.8) is 0 Å². The lowest BCUT2D eigenvalue weighted by atomic mass is 10.2. The zero-order valence-electron chi connectivity index (χ0n) is 14.6. The van der Waals surface area contributed by atoms with Crippen LogP contribution in [0.25, 0.3) is 0 Å². The monoisotopic (exact) mass is 347 g/mol. The SMILES string of the molecule is CC[C@@H](c1nnc(S[C@H](C)C(N)=O)n1Cc1ccccc1)N(C)C. The molecule has 0 bridgehead atoms. The number of carbonyl (C=O) groups excluding carboxylic acids is 1. The molecule has 130 valence electrons. The summed E-state index contributed by atoms with van der Waals surface area (Å²) >= 11 is 1.35. The fraction of sp³-hybridized carbons (Fsp3) is 0.471. The van der Waals surface area contributed by atoms with Crippen LogP contribution in [0.1, 0.15) is 37.7 Å². The Labute approximate surface area is 147 Å². The second-order valence-corrected chi connectivity index (χ2v) is 7.27. The molecule has 6 nitrogen and oxygen atoms in total. The molecule has 0 aliphatic carbocycles. The van der Waals surface area contributed by atoms with Crippen molar-refractivity contribution in [2.45, 2.75) is 43.3 Å². The zero-order chi connectivity index (χ0) is 17.7. The van der Waals surface area contributed by atoms with Crippen LogP contribution >= 0.6 is 11.8 Å². The van der Waals surface area contributed by atoms with Crippen molar-refractivity contribution in [1.29, 1.82) is 0 Å². The fourth-order valence-corrected chi connectivity index (χ4v) is 3.35. The van der Waals surface area contributed by atoms with Crippen LogP contribution in [-0.4, -0.2) is 44.9 Å². The summed E-state index contributed by atoms with van der Waals surface area (Å²) in [6.45, 7) is 4.59. The highest BCUT2D eigenvalue weighted by Crippen LogP contribution is 2.28. The standard InChI is InChI=1S/C17H25N5OS/c1-5-14(21(3)4)16-19-20-17(24-12(2)15(18)23)22(16)11-13-9-7-6-8-10-13/h6-10,12,14H,5,11H2,1-4H3,(H2,18,23)/t12-,14+/m1/s1. The summed E-state index contributed by atoms with van der Waals surface area (Å²) < 4.78 is 2.09. The smallest absolute Gasteiger partial charge is 0.230 e. The maximum Gasteiger partial charge on any atom is 0.230 e. The summed E-state index contributed by atoms with van der Waals surface area (Å²) in [5.41, 5.74) is 6.57. The van der Waals surface area contributed by atoms with Crippen molar-refractivity contribution in [2.24, 2.45) is 5.73 Å². The second kappa shape index (κ2) is 8.30. The van der Waals surface area contributed by atoms with Gasteiger partial charge in [0.15, 0.2) is 11.0 Å². The van der Waals surface area contributed by atoms with Gasteiger partial charge in [-0.05, 0) is 33.0 Å². The molecule has 24 heavy (non-hydrogen) atoms. The molecule has 1 aromatic heterocycles. The number of benzene rings is 1. The van der Waals surface area contributed by atoms with Gasteiger partial charge in [0.2, 0.25) is 5.91 Å². The molecule has 7 heteroatoms. The number of hydrogen-bond acceptors (Lipinski definition) is 5. The Morgan fingerprint density at radius 2 is 1.96 bits per heavy atom. The van der Waals surface area contributed by atoms with E-state index in [-0.39, 0.29) is 17.2 Å². The minimum atomic E-state index is -0.351. The summed E-state index contributed by atoms with van der Waals surface area (Å²) in [4.78, 5) is 13.6. The van der Waals surface area contributed by atoms with E-state index in [1.807, 2.05) is 32.3 Å². The van der Waals surface area contributed by atoms with Crippen LogP contribution in [-0.2, 0) is 11.3 Å². The van der Waals surface area contributed by atoms with Gasteiger partial charge < -0.3 is 10.3 Å². The lowest BCUT2D eigenvalue weighted by Crippen LogP contribution is -2.25. The molecule has 0 saturated heterocycles. The van der Waals surface area contributed by atoms with Gasteiger partial charge in [0, 0.05) is 0 Å². The molecule has 2 atom stereocenters. The van der Waals surface area contributed by atoms with Crippen LogP contribution in [0.15, 0.2) is 35.5 Å². The van der Waals surface area contributed by atoms with E-state index < -0.39 is 0 Å². The Bertz CT molecular complexity index is 671. The van der Waals surface area contributed by atoms with Crippen molar-refractivity contribution in [1.82, 2.24) is 19.7 Å². The molecule has 2 N–H and O–H groups in total. The predicted molar refractivity (Wildman–Crippen MR) is 96.8 cm³/mol. The Balaban J connectivity index is 2.40. The summed E-state index contributed by atoms with van der Waals surface area (Å²) in [6, 6.07) is 10.3. The van der Waals surface area contributed by atoms with Gasteiger partial charge in [0.05, 0.1) is 17.8 Å². The Morgan fingerprint density at radius 3 is 2.50 bits per heavy atom. The number of rotatable bonds is 8. The molecular weight excluding hydrogens is 322 g/mol. The highest BCUT2D eigenvalue weighted by molar-refractivity contribution is 8.00. The van der Waals surface area contributed by atoms with Gasteiger partial charge in [0.25, 0.3) is 0 Å². The van der Waals surface area contributed by atoms with E-state index in [9.17, 15) is 4.79 Å². The third kappa shape index (κ3) is 4.36. The number of amides is 1. The first kappa shape index (κ1) is 18.5. The number of nitrogens with zero attached hydrogens (tertiary/aromatic N) is 4. The number of carbonyl (C=O) groups is 1. The van der Waals surface area contributed by atoms with Gasteiger partial charge in [-0.15, -0.1) is 10.2 Å². The maximum atomic E-state index is 11.4. The van der Waals surface area contributed by atoms with E-state index in [0.717, 1.165) is 17.4 Å². The Kier molecular flexibility index (Phi) is 6.39. The van der Waals surface area contributed by atoms with Crippen molar-refractivity contribution in [2.75, 3.05) is 14.1 Å². The van der Waals surface area contributed by atoms with Crippen molar-refractivity contribution in [3.8, 4) is 0 Å². The zero-order valence-corrected chi connectivity index (χ0v) is 15.5. The normalized spacial score (nSPS) is 13.9. The third-order valence-corrected chi connectivity index (χ3v) is 5.02. The highest BCUT2D eigenvalue weighted by atomic mass is 32.2. The number of aromatic nitrogens is 3. The maximum absolute atomic E-state index is 11.4. The van der Waals surface area contributed by atoms with Gasteiger partial charge >= 0.3 is 0 Å². The van der Waals surface area contributed by atoms with E-state index in [1.165, 1.54) is 17.3 Å². The van der Waals surface area contributed by atoms with Crippen molar-refractivity contribution >= 4 is 17.7 Å². The average Bonchev–Trinajstić information content (AvgIpc) is 2.91. The second-order valence-electron chi connectivity index (χ2n) is 5.96. The first-order chi connectivity index (χ1) is 11.4. The van der Waals surface area contributed by atoms with Gasteiger partial charge in [-0.3, -0.25) is 9.69 Å². The Hall–Kier alpha value is -1.86. The van der Waals surface area contributed by atoms with Crippen LogP contribution in [0.4, 0.5) is 0 Å². The number of nitrogens with two attached hydrogens (primary N) is 1. The molecule has 2 aromatic rings. The fourth-order valence-electron chi connectivity index (χ4n) is 2.54. The summed E-state index contributed by atoms with van der Waals surface area (Å²) in [5, 5.41) is 9.11. The molecule has 0 aliphatic rings. The van der Waals surface area contributed by atoms with Gasteiger partial charge in [-0.25, -0.2) is 0 Å². The highest BCUT2D eigenvalue weighted by Gasteiger charge is 2.24. The lowest BCUT2D eigenvalue weighted by Gasteiger charge is -2.23. The van der Waals surface area contributed by atoms with Crippen LogP contribution in [0, 0.1) is 0 Å². The molecule has 1 aromatic carbocycles. The third-order valence-electron chi connectivity index (χ3n) is 3.92. The largest absolute Gasteiger partial charge is 0.369 e. The molecule has 0 saturated carbocycles. The first-order valence-corrected chi connectivity index (χ1v) is 8.91. The number of hydrogen-bond donors (Lipinski definition) is 1. The van der Waals surface area contributed by atoms with E-state index in [4.69, 9.17) is 5.73 Å². The van der Waals surface area contributed by atoms with E-state index in [2.05, 4.69) is 38.7 Å². The van der Waals surface area contributed by atoms with Crippen LogP contribution in [0.3, 0.4) is 0 Å². The van der Waals surface area contributed by atoms with E-state index in [0.29, 0.717) is 6.54 Å². The molecule has 0 radical (unpaired) electrons. The first-order valence-electron chi connectivity index (χ1n) is 8.03. The van der Waals surface area contributed by atoms with Crippen LogP contribution in [0.5, 0.6) is 0 Å². The minimum absolute atomic E-state index is 0.166. The Morgan fingerprint density at radius 1 is 1.29 bits per heavy atom. The minimum Gasteiger partial charge on any atom is -0.369 e. The summed E-state index contributed by atoms with van der Waals surface area (Å²) in [6.07, 6.45) is 0.927. The number of primary amides is 1. The predicted octanol–water partition coefficient (Wildman–Crippen LogP) is 2.31. The lowest BCUT2D eigenvalue weighted by molar-refractivity contribution is -0.117. The molecule has 1 amide bonds. The molecule has 0 spiro atoms. The molecule has 0 unspecified atom stereocenters. The molecule has 0 fully saturated rings. The molecular formula is C17H25N5OS. The van der Waals surface area contributed by atoms with Gasteiger partial charge in [-0.1, -0.05) is 49.0 Å².